The first-order chi connectivity index (χ1) is 10.8. The molecule has 0 fully saturated rings. The zero-order valence-corrected chi connectivity index (χ0v) is 12.8. The molecule has 0 bridgehead atoms. The van der Waals surface area contributed by atoms with Gasteiger partial charge in [0.2, 0.25) is 0 Å². The summed E-state index contributed by atoms with van der Waals surface area (Å²) in [6, 6.07) is 15.0. The second kappa shape index (κ2) is 6.81. The van der Waals surface area contributed by atoms with Gasteiger partial charge in [0.25, 0.3) is 0 Å². The number of nitrogens with zero attached hydrogens (tertiary/aromatic N) is 2. The zero-order chi connectivity index (χ0) is 15.4. The van der Waals surface area contributed by atoms with Crippen LogP contribution in [-0.2, 0) is 0 Å². The van der Waals surface area contributed by atoms with Crippen molar-refractivity contribution in [3.8, 4) is 0 Å². The van der Waals surface area contributed by atoms with Gasteiger partial charge in [0.05, 0.1) is 6.54 Å². The fraction of sp³-hybridized carbons (Fsp3) is 0.333. The highest BCUT2D eigenvalue weighted by Crippen LogP contribution is 2.28. The van der Waals surface area contributed by atoms with E-state index in [1.807, 2.05) is 30.6 Å². The number of hydrogen-bond acceptors (Lipinski definition) is 4. The monoisotopic (exact) mass is 294 g/mol. The summed E-state index contributed by atoms with van der Waals surface area (Å²) in [6.45, 7) is 3.52. The Morgan fingerprint density at radius 2 is 1.86 bits per heavy atom. The minimum Gasteiger partial charge on any atom is -0.329 e. The van der Waals surface area contributed by atoms with E-state index in [1.165, 1.54) is 5.56 Å². The highest BCUT2D eigenvalue weighted by molar-refractivity contribution is 6.02. The molecule has 0 amide bonds. The summed E-state index contributed by atoms with van der Waals surface area (Å²) < 4.78 is 0. The molecular formula is C18H22N4. The lowest BCUT2D eigenvalue weighted by Gasteiger charge is -2.27. The molecule has 1 aliphatic heterocycles. The maximum Gasteiger partial charge on any atom is 0.0559 e. The molecule has 0 spiro atoms. The molecule has 114 valence electrons. The van der Waals surface area contributed by atoms with E-state index in [9.17, 15) is 0 Å². The van der Waals surface area contributed by atoms with E-state index in [0.29, 0.717) is 13.1 Å². The van der Waals surface area contributed by atoms with Gasteiger partial charge in [-0.2, -0.15) is 0 Å². The predicted molar refractivity (Wildman–Crippen MR) is 90.0 cm³/mol. The summed E-state index contributed by atoms with van der Waals surface area (Å²) in [4.78, 5) is 8.96. The van der Waals surface area contributed by atoms with Crippen molar-refractivity contribution in [2.75, 3.05) is 13.1 Å². The van der Waals surface area contributed by atoms with Gasteiger partial charge in [-0.05, 0) is 23.3 Å². The Morgan fingerprint density at radius 1 is 1.14 bits per heavy atom. The summed E-state index contributed by atoms with van der Waals surface area (Å²) >= 11 is 0. The zero-order valence-electron chi connectivity index (χ0n) is 12.8. The number of nitrogens with one attached hydrogen (secondary N) is 1. The fourth-order valence-corrected chi connectivity index (χ4v) is 3.03. The van der Waals surface area contributed by atoms with Crippen LogP contribution in [0.4, 0.5) is 0 Å². The van der Waals surface area contributed by atoms with Gasteiger partial charge in [0.1, 0.15) is 0 Å². The first-order valence-corrected chi connectivity index (χ1v) is 7.75. The van der Waals surface area contributed by atoms with Crippen LogP contribution in [0.2, 0.25) is 0 Å². The van der Waals surface area contributed by atoms with Gasteiger partial charge in [0, 0.05) is 42.7 Å². The molecule has 0 aliphatic carbocycles. The molecule has 4 heteroatoms. The molecule has 2 aromatic rings. The Hall–Kier alpha value is -2.04. The van der Waals surface area contributed by atoms with Crippen LogP contribution in [0.25, 0.3) is 0 Å². The average molecular weight is 294 g/mol. The summed E-state index contributed by atoms with van der Waals surface area (Å²) in [5.41, 5.74) is 9.44. The Bertz CT molecular complexity index is 624. The minimum atomic E-state index is 0.201. The van der Waals surface area contributed by atoms with Gasteiger partial charge < -0.3 is 11.1 Å². The number of rotatable bonds is 3. The molecule has 1 aliphatic rings. The molecule has 1 aromatic carbocycles. The van der Waals surface area contributed by atoms with Crippen molar-refractivity contribution in [2.45, 2.75) is 19.0 Å². The fourth-order valence-electron chi connectivity index (χ4n) is 3.03. The highest BCUT2D eigenvalue weighted by atomic mass is 15.0. The smallest absolute Gasteiger partial charge is 0.0559 e. The number of hydrogen-bond donors (Lipinski definition) is 2. The van der Waals surface area contributed by atoms with Crippen molar-refractivity contribution in [3.05, 3.63) is 66.0 Å². The SMILES string of the molecule is CC1C(c2ccncc2)=NCC(CN)NC1c1ccccc1. The van der Waals surface area contributed by atoms with E-state index in [-0.39, 0.29) is 18.0 Å². The van der Waals surface area contributed by atoms with Crippen molar-refractivity contribution >= 4 is 5.71 Å². The number of benzene rings is 1. The Kier molecular flexibility index (Phi) is 4.61. The van der Waals surface area contributed by atoms with Gasteiger partial charge in [0.15, 0.2) is 0 Å². The lowest BCUT2D eigenvalue weighted by atomic mass is 9.87. The second-order valence-electron chi connectivity index (χ2n) is 5.74. The van der Waals surface area contributed by atoms with E-state index in [0.717, 1.165) is 11.3 Å². The van der Waals surface area contributed by atoms with Crippen LogP contribution in [0, 0.1) is 5.92 Å². The third kappa shape index (κ3) is 3.08. The third-order valence-electron chi connectivity index (χ3n) is 4.25. The van der Waals surface area contributed by atoms with E-state index in [1.54, 1.807) is 0 Å². The molecular weight excluding hydrogens is 272 g/mol. The standard InChI is InChI=1S/C18H22N4/c1-13-17(15-7-9-20-10-8-15)21-12-16(11-19)22-18(13)14-5-3-2-4-6-14/h2-10,13,16,18,22H,11-12,19H2,1H3. The van der Waals surface area contributed by atoms with Crippen LogP contribution in [0.3, 0.4) is 0 Å². The van der Waals surface area contributed by atoms with E-state index in [4.69, 9.17) is 10.7 Å². The van der Waals surface area contributed by atoms with Crippen LogP contribution in [0.1, 0.15) is 24.1 Å². The summed E-state index contributed by atoms with van der Waals surface area (Å²) in [5.74, 6) is 0.265. The molecule has 2 heterocycles. The molecule has 3 unspecified atom stereocenters. The lowest BCUT2D eigenvalue weighted by Crippen LogP contribution is -2.41. The lowest BCUT2D eigenvalue weighted by molar-refractivity contribution is 0.414. The number of aromatic nitrogens is 1. The van der Waals surface area contributed by atoms with Crippen LogP contribution < -0.4 is 11.1 Å². The van der Waals surface area contributed by atoms with Gasteiger partial charge in [-0.25, -0.2) is 0 Å². The van der Waals surface area contributed by atoms with Gasteiger partial charge >= 0.3 is 0 Å². The van der Waals surface area contributed by atoms with E-state index < -0.39 is 0 Å². The van der Waals surface area contributed by atoms with Crippen molar-refractivity contribution in [1.29, 1.82) is 0 Å². The third-order valence-corrected chi connectivity index (χ3v) is 4.25. The van der Waals surface area contributed by atoms with Crippen molar-refractivity contribution < 1.29 is 0 Å². The number of aliphatic imine (C=N–C) groups is 1. The predicted octanol–water partition coefficient (Wildman–Crippen LogP) is 2.18. The molecule has 4 nitrogen and oxygen atoms in total. The molecule has 0 radical (unpaired) electrons. The van der Waals surface area contributed by atoms with Crippen LogP contribution in [0.15, 0.2) is 59.9 Å². The van der Waals surface area contributed by atoms with E-state index in [2.05, 4.69) is 41.5 Å². The molecule has 3 N–H and O–H groups in total. The molecule has 0 saturated carbocycles. The van der Waals surface area contributed by atoms with Crippen LogP contribution >= 0.6 is 0 Å². The van der Waals surface area contributed by atoms with E-state index >= 15 is 0 Å². The largest absolute Gasteiger partial charge is 0.329 e. The summed E-state index contributed by atoms with van der Waals surface area (Å²) in [7, 11) is 0. The average Bonchev–Trinajstić information content (AvgIpc) is 2.75. The summed E-state index contributed by atoms with van der Waals surface area (Å²) in [5, 5.41) is 3.68. The van der Waals surface area contributed by atoms with Gasteiger partial charge in [-0.3, -0.25) is 9.98 Å². The maximum absolute atomic E-state index is 5.90. The molecule has 3 atom stereocenters. The van der Waals surface area contributed by atoms with Crippen molar-refractivity contribution in [2.24, 2.45) is 16.6 Å². The Labute approximate surface area is 131 Å². The van der Waals surface area contributed by atoms with Crippen molar-refractivity contribution in [1.82, 2.24) is 10.3 Å². The molecule has 0 saturated heterocycles. The Morgan fingerprint density at radius 3 is 2.55 bits per heavy atom. The molecule has 22 heavy (non-hydrogen) atoms. The van der Waals surface area contributed by atoms with Crippen molar-refractivity contribution in [3.63, 3.8) is 0 Å². The molecule has 1 aromatic heterocycles. The Balaban J connectivity index is 1.98. The van der Waals surface area contributed by atoms with Crippen LogP contribution in [0.5, 0.6) is 0 Å². The van der Waals surface area contributed by atoms with Crippen LogP contribution in [-0.4, -0.2) is 29.8 Å². The van der Waals surface area contributed by atoms with Gasteiger partial charge in [-0.15, -0.1) is 0 Å². The number of nitrogens with two attached hydrogens (primary N) is 1. The number of pyridine rings is 1. The highest BCUT2D eigenvalue weighted by Gasteiger charge is 2.29. The maximum atomic E-state index is 5.90. The minimum absolute atomic E-state index is 0.201. The summed E-state index contributed by atoms with van der Waals surface area (Å²) in [6.07, 6.45) is 3.64. The second-order valence-corrected chi connectivity index (χ2v) is 5.74. The molecule has 3 rings (SSSR count). The normalized spacial score (nSPS) is 25.4. The first-order valence-electron chi connectivity index (χ1n) is 7.75. The van der Waals surface area contributed by atoms with Gasteiger partial charge in [-0.1, -0.05) is 37.3 Å². The topological polar surface area (TPSA) is 63.3 Å². The quantitative estimate of drug-likeness (QED) is 0.912. The first kappa shape index (κ1) is 14.9.